The summed E-state index contributed by atoms with van der Waals surface area (Å²) in [5.41, 5.74) is 0. The van der Waals surface area contributed by atoms with Gasteiger partial charge in [0.05, 0.1) is 25.9 Å². The van der Waals surface area contributed by atoms with Crippen molar-refractivity contribution < 1.29 is 24.9 Å². The Hall–Kier alpha value is 0.820. The second-order valence-electron chi connectivity index (χ2n) is 2.28. The van der Waals surface area contributed by atoms with Crippen molar-refractivity contribution in [1.29, 1.82) is 0 Å². The zero-order valence-electron chi connectivity index (χ0n) is 8.86. The SMILES string of the molecule is O=C(O)CNC(CO)NCC(=O)O.[Na].[Na]. The van der Waals surface area contributed by atoms with Crippen LogP contribution in [-0.2, 0) is 9.59 Å². The van der Waals surface area contributed by atoms with Crippen molar-refractivity contribution in [2.24, 2.45) is 0 Å². The Morgan fingerprint density at radius 2 is 1.33 bits per heavy atom. The van der Waals surface area contributed by atoms with Gasteiger partial charge in [0.1, 0.15) is 0 Å². The van der Waals surface area contributed by atoms with Gasteiger partial charge in [-0.1, -0.05) is 0 Å². The molecule has 2 radical (unpaired) electrons. The molecule has 0 atom stereocenters. The van der Waals surface area contributed by atoms with Gasteiger partial charge in [-0.05, 0) is 0 Å². The van der Waals surface area contributed by atoms with Gasteiger partial charge in [0.25, 0.3) is 0 Å². The van der Waals surface area contributed by atoms with E-state index in [1.807, 2.05) is 0 Å². The van der Waals surface area contributed by atoms with E-state index in [0.717, 1.165) is 0 Å². The van der Waals surface area contributed by atoms with Crippen molar-refractivity contribution in [3.63, 3.8) is 0 Å². The average Bonchev–Trinajstić information content (AvgIpc) is 2.04. The monoisotopic (exact) mass is 238 g/mol. The summed E-state index contributed by atoms with van der Waals surface area (Å²) in [6, 6.07) is 0. The molecule has 0 bridgehead atoms. The molecule has 7 nitrogen and oxygen atoms in total. The maximum atomic E-state index is 10.1. The van der Waals surface area contributed by atoms with Gasteiger partial charge < -0.3 is 15.3 Å². The second kappa shape index (κ2) is 12.9. The van der Waals surface area contributed by atoms with Crippen LogP contribution in [0.2, 0.25) is 0 Å². The van der Waals surface area contributed by atoms with E-state index in [2.05, 4.69) is 10.6 Å². The number of aliphatic hydroxyl groups excluding tert-OH is 1. The zero-order chi connectivity index (χ0) is 10.3. The van der Waals surface area contributed by atoms with Crippen LogP contribution >= 0.6 is 0 Å². The Bertz CT molecular complexity index is 174. The predicted octanol–water partition coefficient (Wildman–Crippen LogP) is -3.11. The number of hydrogen-bond acceptors (Lipinski definition) is 5. The van der Waals surface area contributed by atoms with Gasteiger partial charge in [-0.25, -0.2) is 0 Å². The van der Waals surface area contributed by atoms with Crippen LogP contribution in [0.1, 0.15) is 0 Å². The maximum Gasteiger partial charge on any atom is 0.317 e. The number of hydrogen-bond donors (Lipinski definition) is 5. The van der Waals surface area contributed by atoms with E-state index in [4.69, 9.17) is 15.3 Å². The van der Waals surface area contributed by atoms with E-state index < -0.39 is 18.1 Å². The molecule has 9 heteroatoms. The number of aliphatic carboxylic acids is 2. The molecule has 0 spiro atoms. The Balaban J connectivity index is -0.000000720. The number of carbonyl (C=O) groups is 2. The van der Waals surface area contributed by atoms with E-state index in [9.17, 15) is 9.59 Å². The van der Waals surface area contributed by atoms with Gasteiger partial charge in [-0.3, -0.25) is 20.2 Å². The fourth-order valence-electron chi connectivity index (χ4n) is 0.622. The van der Waals surface area contributed by atoms with E-state index in [1.165, 1.54) is 0 Å². The number of aliphatic hydroxyl groups is 1. The van der Waals surface area contributed by atoms with Crippen LogP contribution in [-0.4, -0.2) is 112 Å². The Morgan fingerprint density at radius 3 is 1.53 bits per heavy atom. The molecule has 0 aliphatic rings. The predicted molar refractivity (Wildman–Crippen MR) is 53.7 cm³/mol. The van der Waals surface area contributed by atoms with E-state index in [0.29, 0.717) is 0 Å². The molecule has 0 unspecified atom stereocenters. The molecule has 0 fully saturated rings. The summed E-state index contributed by atoms with van der Waals surface area (Å²) >= 11 is 0. The molecule has 0 saturated carbocycles. The number of carboxylic acid groups (broad SMARTS) is 2. The molecule has 0 saturated heterocycles. The molecule has 0 aliphatic carbocycles. The van der Waals surface area contributed by atoms with Crippen LogP contribution in [0.4, 0.5) is 0 Å². The van der Waals surface area contributed by atoms with Crippen molar-refractivity contribution in [2.75, 3.05) is 19.7 Å². The van der Waals surface area contributed by atoms with Crippen LogP contribution in [0.5, 0.6) is 0 Å². The Kier molecular flexibility index (Phi) is 18.2. The first-order chi connectivity index (χ1) is 6.06. The molecule has 0 aromatic rings. The Labute approximate surface area is 131 Å². The topological polar surface area (TPSA) is 119 Å². The molecular weight excluding hydrogens is 226 g/mol. The number of rotatable bonds is 7. The number of carboxylic acids is 2. The van der Waals surface area contributed by atoms with Gasteiger partial charge >= 0.3 is 11.9 Å². The van der Waals surface area contributed by atoms with Crippen molar-refractivity contribution >= 4 is 71.1 Å². The van der Waals surface area contributed by atoms with E-state index in [1.54, 1.807) is 0 Å². The summed E-state index contributed by atoms with van der Waals surface area (Å²) in [5, 5.41) is 29.9. The van der Waals surface area contributed by atoms with Crippen LogP contribution in [0.15, 0.2) is 0 Å². The van der Waals surface area contributed by atoms with Crippen molar-refractivity contribution in [1.82, 2.24) is 10.6 Å². The first kappa shape index (κ1) is 21.1. The van der Waals surface area contributed by atoms with Gasteiger partial charge in [-0.2, -0.15) is 0 Å². The molecule has 0 rings (SSSR count). The smallest absolute Gasteiger partial charge is 0.317 e. The third-order valence-electron chi connectivity index (χ3n) is 1.18. The molecule has 78 valence electrons. The largest absolute Gasteiger partial charge is 0.480 e. The standard InChI is InChI=1S/C6H12N2O5.2Na/c9-3-4(7-1-5(10)11)8-2-6(12)13;;/h4,7-9H,1-3H2,(H,10,11)(H,12,13);;. The summed E-state index contributed by atoms with van der Waals surface area (Å²) in [4.78, 5) is 20.1. The molecule has 5 N–H and O–H groups in total. The summed E-state index contributed by atoms with van der Waals surface area (Å²) < 4.78 is 0. The zero-order valence-corrected chi connectivity index (χ0v) is 12.9. The number of nitrogens with one attached hydrogen (secondary N) is 2. The molecule has 0 heterocycles. The first-order valence-electron chi connectivity index (χ1n) is 3.57. The second-order valence-corrected chi connectivity index (χ2v) is 2.28. The van der Waals surface area contributed by atoms with Crippen LogP contribution in [0, 0.1) is 0 Å². The molecule has 15 heavy (non-hydrogen) atoms. The minimum absolute atomic E-state index is 0. The minimum atomic E-state index is -1.07. The Morgan fingerprint density at radius 1 is 1.00 bits per heavy atom. The van der Waals surface area contributed by atoms with Crippen molar-refractivity contribution in [3.05, 3.63) is 0 Å². The van der Waals surface area contributed by atoms with Crippen molar-refractivity contribution in [2.45, 2.75) is 6.17 Å². The van der Waals surface area contributed by atoms with E-state index in [-0.39, 0.29) is 78.8 Å². The summed E-state index contributed by atoms with van der Waals surface area (Å²) in [7, 11) is 0. The van der Waals surface area contributed by atoms with Crippen LogP contribution in [0.25, 0.3) is 0 Å². The van der Waals surface area contributed by atoms with Gasteiger partial charge in [-0.15, -0.1) is 0 Å². The summed E-state index contributed by atoms with van der Waals surface area (Å²) in [6.07, 6.45) is -0.716. The van der Waals surface area contributed by atoms with E-state index >= 15 is 0 Å². The molecule has 0 aromatic carbocycles. The quantitative estimate of drug-likeness (QED) is 0.235. The fraction of sp³-hybridized carbons (Fsp3) is 0.667. The van der Waals surface area contributed by atoms with Crippen LogP contribution < -0.4 is 10.6 Å². The van der Waals surface area contributed by atoms with Gasteiger partial charge in [0.2, 0.25) is 0 Å². The summed E-state index contributed by atoms with van der Waals surface area (Å²) in [6.45, 7) is -1.05. The molecule has 0 aromatic heterocycles. The first-order valence-corrected chi connectivity index (χ1v) is 3.57. The fourth-order valence-corrected chi connectivity index (χ4v) is 0.622. The average molecular weight is 238 g/mol. The normalized spacial score (nSPS) is 8.93. The van der Waals surface area contributed by atoms with Gasteiger partial charge in [0.15, 0.2) is 0 Å². The molecule has 0 amide bonds. The molecule has 0 aliphatic heterocycles. The third kappa shape index (κ3) is 14.8. The molecular formula is C6H12N2Na2O5. The van der Waals surface area contributed by atoms with Crippen molar-refractivity contribution in [3.8, 4) is 0 Å². The maximum absolute atomic E-state index is 10.1. The third-order valence-corrected chi connectivity index (χ3v) is 1.18. The summed E-state index contributed by atoms with van der Waals surface area (Å²) in [5.74, 6) is -2.15. The minimum Gasteiger partial charge on any atom is -0.480 e. The van der Waals surface area contributed by atoms with Crippen LogP contribution in [0.3, 0.4) is 0 Å². The van der Waals surface area contributed by atoms with Gasteiger partial charge in [0, 0.05) is 59.1 Å².